The highest BCUT2D eigenvalue weighted by Gasteiger charge is 2.31. The number of aromatic nitrogens is 1. The number of nitrogens with zero attached hydrogens (tertiary/aromatic N) is 2. The van der Waals surface area contributed by atoms with E-state index in [0.717, 1.165) is 10.5 Å². The molecule has 0 spiro atoms. The van der Waals surface area contributed by atoms with Crippen LogP contribution in [0.2, 0.25) is 0 Å². The lowest BCUT2D eigenvalue weighted by Crippen LogP contribution is -2.43. The number of rotatable bonds is 3. The van der Waals surface area contributed by atoms with Gasteiger partial charge >= 0.3 is 12.2 Å². The third kappa shape index (κ3) is 7.37. The summed E-state index contributed by atoms with van der Waals surface area (Å²) in [5, 5.41) is 0. The molecule has 138 valence electrons. The van der Waals surface area contributed by atoms with Crippen LogP contribution < -0.4 is 0 Å². The van der Waals surface area contributed by atoms with Crippen LogP contribution in [0.5, 0.6) is 0 Å². The molecule has 0 saturated heterocycles. The minimum absolute atomic E-state index is 0.0113. The van der Waals surface area contributed by atoms with Crippen molar-refractivity contribution in [1.82, 2.24) is 9.88 Å². The van der Waals surface area contributed by atoms with Crippen molar-refractivity contribution in [3.05, 3.63) is 35.7 Å². The maximum atomic E-state index is 12.5. The fourth-order valence-electron chi connectivity index (χ4n) is 1.90. The number of hydrogen-bond donors (Lipinski definition) is 0. The first-order chi connectivity index (χ1) is 11.4. The van der Waals surface area contributed by atoms with Gasteiger partial charge in [0.2, 0.25) is 0 Å². The molecule has 2 amide bonds. The fourth-order valence-corrected chi connectivity index (χ4v) is 1.90. The molecule has 0 saturated carbocycles. The molecule has 0 fully saturated rings. The smallest absolute Gasteiger partial charge is 0.420 e. The lowest BCUT2D eigenvalue weighted by molar-refractivity contribution is -0.000262. The summed E-state index contributed by atoms with van der Waals surface area (Å²) in [6.45, 7) is 12.3. The SMILES string of the molecule is C/C=C/c1ncccc1CN(C(=O)OC(C)(C)C)C(=O)OC(C)(C)C. The Balaban J connectivity index is 3.14. The van der Waals surface area contributed by atoms with Crippen molar-refractivity contribution in [2.24, 2.45) is 0 Å². The van der Waals surface area contributed by atoms with E-state index in [1.807, 2.05) is 25.1 Å². The van der Waals surface area contributed by atoms with Gasteiger partial charge in [-0.05, 0) is 66.2 Å². The highest BCUT2D eigenvalue weighted by Crippen LogP contribution is 2.18. The molecule has 6 nitrogen and oxygen atoms in total. The Morgan fingerprint density at radius 2 is 1.60 bits per heavy atom. The van der Waals surface area contributed by atoms with Crippen molar-refractivity contribution in [2.45, 2.75) is 66.2 Å². The third-order valence-corrected chi connectivity index (χ3v) is 2.81. The average molecular weight is 348 g/mol. The molecule has 0 bridgehead atoms. The molecular formula is C19H28N2O4. The quantitative estimate of drug-likeness (QED) is 0.786. The molecule has 0 aliphatic heterocycles. The Bertz CT molecular complexity index is 612. The lowest BCUT2D eigenvalue weighted by Gasteiger charge is -2.28. The predicted molar refractivity (Wildman–Crippen MR) is 97.0 cm³/mol. The maximum Gasteiger partial charge on any atom is 0.420 e. The molecule has 6 heteroatoms. The van der Waals surface area contributed by atoms with Crippen LogP contribution in [0.3, 0.4) is 0 Å². The topological polar surface area (TPSA) is 68.7 Å². The number of ether oxygens (including phenoxy) is 2. The normalized spacial score (nSPS) is 12.1. The van der Waals surface area contributed by atoms with Crippen LogP contribution in [0, 0.1) is 0 Å². The van der Waals surface area contributed by atoms with Gasteiger partial charge in [0.1, 0.15) is 11.2 Å². The summed E-state index contributed by atoms with van der Waals surface area (Å²) in [6, 6.07) is 3.56. The van der Waals surface area contributed by atoms with Crippen LogP contribution in [0.15, 0.2) is 24.4 Å². The molecule has 1 aromatic rings. The zero-order chi connectivity index (χ0) is 19.3. The summed E-state index contributed by atoms with van der Waals surface area (Å²) < 4.78 is 10.7. The number of pyridine rings is 1. The van der Waals surface area contributed by atoms with Gasteiger partial charge in [-0.15, -0.1) is 0 Å². The number of carbonyl (C=O) groups excluding carboxylic acids is 2. The van der Waals surface area contributed by atoms with E-state index in [1.54, 1.807) is 53.8 Å². The first-order valence-electron chi connectivity index (χ1n) is 8.23. The van der Waals surface area contributed by atoms with Gasteiger partial charge in [0.05, 0.1) is 12.2 Å². The van der Waals surface area contributed by atoms with Gasteiger partial charge in [0, 0.05) is 6.20 Å². The van der Waals surface area contributed by atoms with E-state index in [9.17, 15) is 9.59 Å². The van der Waals surface area contributed by atoms with Crippen molar-refractivity contribution < 1.29 is 19.1 Å². The van der Waals surface area contributed by atoms with Crippen LogP contribution in [0.4, 0.5) is 9.59 Å². The zero-order valence-corrected chi connectivity index (χ0v) is 16.1. The van der Waals surface area contributed by atoms with E-state index in [-0.39, 0.29) is 6.54 Å². The molecule has 0 atom stereocenters. The second kappa shape index (κ2) is 8.14. The monoisotopic (exact) mass is 348 g/mol. The second-order valence-electron chi connectivity index (χ2n) is 7.59. The summed E-state index contributed by atoms with van der Waals surface area (Å²) >= 11 is 0. The Morgan fingerprint density at radius 1 is 1.08 bits per heavy atom. The molecule has 0 radical (unpaired) electrons. The zero-order valence-electron chi connectivity index (χ0n) is 16.1. The molecule has 0 unspecified atom stereocenters. The van der Waals surface area contributed by atoms with Gasteiger partial charge in [0.25, 0.3) is 0 Å². The Hall–Kier alpha value is -2.37. The first-order valence-corrected chi connectivity index (χ1v) is 8.23. The number of allylic oxidation sites excluding steroid dienone is 1. The molecule has 0 aliphatic carbocycles. The molecule has 1 aromatic heterocycles. The van der Waals surface area contributed by atoms with Gasteiger partial charge in [-0.1, -0.05) is 12.1 Å². The van der Waals surface area contributed by atoms with E-state index in [0.29, 0.717) is 5.69 Å². The van der Waals surface area contributed by atoms with Gasteiger partial charge < -0.3 is 9.47 Å². The van der Waals surface area contributed by atoms with Crippen molar-refractivity contribution in [3.8, 4) is 0 Å². The number of hydrogen-bond acceptors (Lipinski definition) is 5. The van der Waals surface area contributed by atoms with Gasteiger partial charge in [-0.2, -0.15) is 0 Å². The van der Waals surface area contributed by atoms with Crippen LogP contribution in [0.25, 0.3) is 6.08 Å². The largest absolute Gasteiger partial charge is 0.443 e. The third-order valence-electron chi connectivity index (χ3n) is 2.81. The van der Waals surface area contributed by atoms with Crippen LogP contribution in [-0.4, -0.2) is 33.3 Å². The molecule has 1 rings (SSSR count). The molecule has 1 heterocycles. The Morgan fingerprint density at radius 3 is 2.04 bits per heavy atom. The highest BCUT2D eigenvalue weighted by molar-refractivity contribution is 5.88. The second-order valence-corrected chi connectivity index (χ2v) is 7.59. The van der Waals surface area contributed by atoms with Crippen molar-refractivity contribution in [2.75, 3.05) is 0 Å². The number of amides is 2. The summed E-state index contributed by atoms with van der Waals surface area (Å²) in [6.07, 6.45) is 3.81. The summed E-state index contributed by atoms with van der Waals surface area (Å²) in [5.74, 6) is 0. The van der Waals surface area contributed by atoms with Crippen LogP contribution in [0.1, 0.15) is 59.7 Å². The van der Waals surface area contributed by atoms with E-state index >= 15 is 0 Å². The molecule has 0 N–H and O–H groups in total. The maximum absolute atomic E-state index is 12.5. The Labute approximate surface area is 149 Å². The van der Waals surface area contributed by atoms with E-state index < -0.39 is 23.4 Å². The van der Waals surface area contributed by atoms with Crippen molar-refractivity contribution in [1.29, 1.82) is 0 Å². The lowest BCUT2D eigenvalue weighted by atomic mass is 10.1. The molecule has 25 heavy (non-hydrogen) atoms. The van der Waals surface area contributed by atoms with E-state index in [2.05, 4.69) is 4.98 Å². The molecule has 0 aromatic carbocycles. The summed E-state index contributed by atoms with van der Waals surface area (Å²) in [4.78, 5) is 30.3. The average Bonchev–Trinajstić information content (AvgIpc) is 2.42. The summed E-state index contributed by atoms with van der Waals surface area (Å²) in [7, 11) is 0. The molecule has 0 aliphatic rings. The Kier molecular flexibility index (Phi) is 6.73. The van der Waals surface area contributed by atoms with Crippen LogP contribution in [-0.2, 0) is 16.0 Å². The first kappa shape index (κ1) is 20.7. The molecular weight excluding hydrogens is 320 g/mol. The summed E-state index contributed by atoms with van der Waals surface area (Å²) in [5.41, 5.74) is -0.0453. The minimum atomic E-state index is -0.753. The van der Waals surface area contributed by atoms with E-state index in [1.165, 1.54) is 0 Å². The fraction of sp³-hybridized carbons (Fsp3) is 0.526. The number of imide groups is 1. The van der Waals surface area contributed by atoms with Crippen molar-refractivity contribution >= 4 is 18.3 Å². The van der Waals surface area contributed by atoms with Gasteiger partial charge in [-0.3, -0.25) is 4.98 Å². The highest BCUT2D eigenvalue weighted by atomic mass is 16.6. The predicted octanol–water partition coefficient (Wildman–Crippen LogP) is 4.79. The van der Waals surface area contributed by atoms with Gasteiger partial charge in [-0.25, -0.2) is 14.5 Å². The standard InChI is InChI=1S/C19H28N2O4/c1-8-10-15-14(11-9-12-20-15)13-21(16(22)24-18(2,3)4)17(23)25-19(5,6)7/h8-12H,13H2,1-7H3/b10-8+. The van der Waals surface area contributed by atoms with Crippen LogP contribution >= 0.6 is 0 Å². The van der Waals surface area contributed by atoms with E-state index in [4.69, 9.17) is 9.47 Å². The number of carbonyl (C=O) groups is 2. The van der Waals surface area contributed by atoms with Gasteiger partial charge in [0.15, 0.2) is 0 Å². The minimum Gasteiger partial charge on any atom is -0.443 e. The van der Waals surface area contributed by atoms with Crippen molar-refractivity contribution in [3.63, 3.8) is 0 Å².